The van der Waals surface area contributed by atoms with Crippen molar-refractivity contribution in [1.29, 1.82) is 0 Å². The van der Waals surface area contributed by atoms with Crippen LogP contribution in [0.4, 0.5) is 0 Å². The molecule has 2 aromatic rings. The molecular formula is C15H14BrNO3S. The summed E-state index contributed by atoms with van der Waals surface area (Å²) in [4.78, 5) is 24.4. The summed E-state index contributed by atoms with van der Waals surface area (Å²) in [6.07, 6.45) is 0. The summed E-state index contributed by atoms with van der Waals surface area (Å²) >= 11 is 4.89. The van der Waals surface area contributed by atoms with Gasteiger partial charge in [-0.05, 0) is 36.6 Å². The molecule has 0 saturated heterocycles. The molecule has 0 spiro atoms. The second-order valence-electron chi connectivity index (χ2n) is 4.34. The Balaban J connectivity index is 1.90. The highest BCUT2D eigenvalue weighted by Gasteiger charge is 2.11. The van der Waals surface area contributed by atoms with E-state index in [4.69, 9.17) is 4.74 Å². The van der Waals surface area contributed by atoms with E-state index in [0.717, 1.165) is 9.35 Å². The SMILES string of the molecule is CC(=O)c1cc(Br)ccc1OCC(=O)NCc1cccs1. The van der Waals surface area contributed by atoms with Crippen molar-refractivity contribution in [2.45, 2.75) is 13.5 Å². The van der Waals surface area contributed by atoms with Crippen LogP contribution in [0.15, 0.2) is 40.2 Å². The number of Topliss-reactive ketones (excluding diaryl/α,β-unsaturated/α-hetero) is 1. The predicted octanol–water partition coefficient (Wildman–Crippen LogP) is 3.41. The minimum absolute atomic E-state index is 0.106. The molecule has 0 aliphatic rings. The lowest BCUT2D eigenvalue weighted by molar-refractivity contribution is -0.123. The highest BCUT2D eigenvalue weighted by atomic mass is 79.9. The van der Waals surface area contributed by atoms with Gasteiger partial charge >= 0.3 is 0 Å². The molecular weight excluding hydrogens is 354 g/mol. The van der Waals surface area contributed by atoms with Crippen molar-refractivity contribution < 1.29 is 14.3 Å². The normalized spacial score (nSPS) is 10.2. The minimum Gasteiger partial charge on any atom is -0.483 e. The monoisotopic (exact) mass is 367 g/mol. The number of hydrogen-bond acceptors (Lipinski definition) is 4. The third-order valence-electron chi connectivity index (χ3n) is 2.72. The van der Waals surface area contributed by atoms with Crippen LogP contribution < -0.4 is 10.1 Å². The van der Waals surface area contributed by atoms with Gasteiger partial charge in [-0.2, -0.15) is 0 Å². The number of carbonyl (C=O) groups excluding carboxylic acids is 2. The fourth-order valence-corrected chi connectivity index (χ4v) is 2.70. The number of ketones is 1. The van der Waals surface area contributed by atoms with Gasteiger partial charge in [0.1, 0.15) is 5.75 Å². The van der Waals surface area contributed by atoms with E-state index in [9.17, 15) is 9.59 Å². The zero-order chi connectivity index (χ0) is 15.2. The first-order valence-electron chi connectivity index (χ1n) is 6.28. The molecule has 6 heteroatoms. The summed E-state index contributed by atoms with van der Waals surface area (Å²) in [5.74, 6) is 0.0862. The molecule has 0 fully saturated rings. The van der Waals surface area contributed by atoms with Crippen molar-refractivity contribution >= 4 is 39.0 Å². The van der Waals surface area contributed by atoms with Crippen LogP contribution in [-0.4, -0.2) is 18.3 Å². The molecule has 4 nitrogen and oxygen atoms in total. The fourth-order valence-electron chi connectivity index (χ4n) is 1.70. The van der Waals surface area contributed by atoms with E-state index in [1.54, 1.807) is 29.5 Å². The average molecular weight is 368 g/mol. The summed E-state index contributed by atoms with van der Waals surface area (Å²) in [6, 6.07) is 9.01. The van der Waals surface area contributed by atoms with Crippen LogP contribution in [-0.2, 0) is 11.3 Å². The number of thiophene rings is 1. The largest absolute Gasteiger partial charge is 0.483 e. The first kappa shape index (κ1) is 15.7. The maximum Gasteiger partial charge on any atom is 0.258 e. The van der Waals surface area contributed by atoms with E-state index >= 15 is 0 Å². The number of rotatable bonds is 6. The molecule has 0 aliphatic heterocycles. The van der Waals surface area contributed by atoms with Crippen LogP contribution in [0.25, 0.3) is 0 Å². The highest BCUT2D eigenvalue weighted by Crippen LogP contribution is 2.23. The minimum atomic E-state index is -0.221. The molecule has 0 atom stereocenters. The molecule has 2 rings (SSSR count). The molecule has 0 radical (unpaired) electrons. The van der Waals surface area contributed by atoms with E-state index in [2.05, 4.69) is 21.2 Å². The molecule has 0 aliphatic carbocycles. The molecule has 110 valence electrons. The lowest BCUT2D eigenvalue weighted by Gasteiger charge is -2.10. The van der Waals surface area contributed by atoms with Gasteiger partial charge in [-0.15, -0.1) is 11.3 Å². The van der Waals surface area contributed by atoms with Gasteiger partial charge in [-0.3, -0.25) is 9.59 Å². The van der Waals surface area contributed by atoms with Crippen molar-refractivity contribution in [3.8, 4) is 5.75 Å². The molecule has 0 bridgehead atoms. The van der Waals surface area contributed by atoms with Gasteiger partial charge in [0.15, 0.2) is 12.4 Å². The number of hydrogen-bond donors (Lipinski definition) is 1. The fraction of sp³-hybridized carbons (Fsp3) is 0.200. The van der Waals surface area contributed by atoms with Gasteiger partial charge in [-0.25, -0.2) is 0 Å². The topological polar surface area (TPSA) is 55.4 Å². The summed E-state index contributed by atoms with van der Waals surface area (Å²) in [5, 5.41) is 4.72. The second-order valence-corrected chi connectivity index (χ2v) is 6.29. The molecule has 0 saturated carbocycles. The van der Waals surface area contributed by atoms with Gasteiger partial charge < -0.3 is 10.1 Å². The summed E-state index contributed by atoms with van der Waals surface area (Å²) < 4.78 is 6.23. The Morgan fingerprint density at radius 2 is 2.14 bits per heavy atom. The zero-order valence-corrected chi connectivity index (χ0v) is 13.8. The lowest BCUT2D eigenvalue weighted by atomic mass is 10.1. The van der Waals surface area contributed by atoms with E-state index in [0.29, 0.717) is 17.9 Å². The highest BCUT2D eigenvalue weighted by molar-refractivity contribution is 9.10. The van der Waals surface area contributed by atoms with Crippen LogP contribution >= 0.6 is 27.3 Å². The maximum atomic E-state index is 11.7. The summed E-state index contributed by atoms with van der Waals surface area (Å²) in [6.45, 7) is 1.83. The predicted molar refractivity (Wildman–Crippen MR) is 85.8 cm³/mol. The Kier molecular flexibility index (Phi) is 5.52. The lowest BCUT2D eigenvalue weighted by Crippen LogP contribution is -2.28. The average Bonchev–Trinajstić information content (AvgIpc) is 2.97. The van der Waals surface area contributed by atoms with Gasteiger partial charge in [-0.1, -0.05) is 22.0 Å². The molecule has 1 amide bonds. The number of benzene rings is 1. The van der Waals surface area contributed by atoms with Crippen molar-refractivity contribution in [3.63, 3.8) is 0 Å². The number of amides is 1. The van der Waals surface area contributed by atoms with Crippen molar-refractivity contribution in [2.75, 3.05) is 6.61 Å². The molecule has 1 aromatic carbocycles. The van der Waals surface area contributed by atoms with Gasteiger partial charge in [0.25, 0.3) is 5.91 Å². The Labute approximate surface area is 135 Å². The Hall–Kier alpha value is -1.66. The molecule has 0 unspecified atom stereocenters. The first-order valence-corrected chi connectivity index (χ1v) is 7.96. The molecule has 1 N–H and O–H groups in total. The van der Waals surface area contributed by atoms with Gasteiger partial charge in [0.05, 0.1) is 12.1 Å². The zero-order valence-electron chi connectivity index (χ0n) is 11.4. The van der Waals surface area contributed by atoms with Crippen LogP contribution in [0.2, 0.25) is 0 Å². The quantitative estimate of drug-likeness (QED) is 0.795. The van der Waals surface area contributed by atoms with E-state index in [-0.39, 0.29) is 18.3 Å². The third kappa shape index (κ3) is 4.68. The Morgan fingerprint density at radius 3 is 2.81 bits per heavy atom. The van der Waals surface area contributed by atoms with Crippen molar-refractivity contribution in [2.24, 2.45) is 0 Å². The molecule has 1 heterocycles. The Bertz CT molecular complexity index is 640. The van der Waals surface area contributed by atoms with Crippen LogP contribution in [0, 0.1) is 0 Å². The maximum absolute atomic E-state index is 11.7. The van der Waals surface area contributed by atoms with Crippen LogP contribution in [0.3, 0.4) is 0 Å². The van der Waals surface area contributed by atoms with Gasteiger partial charge in [0.2, 0.25) is 0 Å². The first-order chi connectivity index (χ1) is 10.1. The second kappa shape index (κ2) is 7.38. The van der Waals surface area contributed by atoms with Crippen molar-refractivity contribution in [3.05, 3.63) is 50.6 Å². The number of nitrogens with one attached hydrogen (secondary N) is 1. The number of ether oxygens (including phenoxy) is 1. The van der Waals surface area contributed by atoms with Crippen LogP contribution in [0.5, 0.6) is 5.75 Å². The molecule has 21 heavy (non-hydrogen) atoms. The Morgan fingerprint density at radius 1 is 1.33 bits per heavy atom. The van der Waals surface area contributed by atoms with Crippen LogP contribution in [0.1, 0.15) is 22.2 Å². The summed E-state index contributed by atoms with van der Waals surface area (Å²) in [5.41, 5.74) is 0.454. The standard InChI is InChI=1S/C15H14BrNO3S/c1-10(18)13-7-11(16)4-5-14(13)20-9-15(19)17-8-12-3-2-6-21-12/h2-7H,8-9H2,1H3,(H,17,19). The van der Waals surface area contributed by atoms with Crippen molar-refractivity contribution in [1.82, 2.24) is 5.32 Å². The van der Waals surface area contributed by atoms with E-state index < -0.39 is 0 Å². The number of halogens is 1. The van der Waals surface area contributed by atoms with Gasteiger partial charge in [0, 0.05) is 9.35 Å². The number of carbonyl (C=O) groups is 2. The summed E-state index contributed by atoms with van der Waals surface area (Å²) in [7, 11) is 0. The third-order valence-corrected chi connectivity index (χ3v) is 4.09. The van der Waals surface area contributed by atoms with E-state index in [1.165, 1.54) is 6.92 Å². The smallest absolute Gasteiger partial charge is 0.258 e. The molecule has 1 aromatic heterocycles. The van der Waals surface area contributed by atoms with E-state index in [1.807, 2.05) is 17.5 Å².